The van der Waals surface area contributed by atoms with Gasteiger partial charge in [0.2, 0.25) is 5.91 Å². The monoisotopic (exact) mass is 202 g/mol. The Hall–Kier alpha value is -0.640. The first-order valence-electron chi connectivity index (χ1n) is 4.67. The van der Waals surface area contributed by atoms with Crippen LogP contribution in [0.25, 0.3) is 0 Å². The molecule has 0 spiro atoms. The predicted octanol–water partition coefficient (Wildman–Crippen LogP) is 1.31. The number of hydrogen-bond donors (Lipinski definition) is 1. The zero-order chi connectivity index (χ0) is 10.3. The van der Waals surface area contributed by atoms with Gasteiger partial charge in [-0.25, -0.2) is 0 Å². The molecule has 0 radical (unpaired) electrons. The van der Waals surface area contributed by atoms with Crippen molar-refractivity contribution >= 4 is 23.1 Å². The van der Waals surface area contributed by atoms with Crippen LogP contribution < -0.4 is 5.73 Å². The molecule has 0 aliphatic heterocycles. The fourth-order valence-corrected chi connectivity index (χ4v) is 1.21. The number of hydrogen-bond acceptors (Lipinski definition) is 2. The molecule has 0 bridgehead atoms. The first-order chi connectivity index (χ1) is 6.11. The Kier molecular flexibility index (Phi) is 6.49. The Labute approximate surface area is 85.3 Å². The third kappa shape index (κ3) is 5.58. The van der Waals surface area contributed by atoms with Gasteiger partial charge >= 0.3 is 0 Å². The van der Waals surface area contributed by atoms with Gasteiger partial charge in [0.1, 0.15) is 0 Å². The normalized spacial score (nSPS) is 9.69. The van der Waals surface area contributed by atoms with E-state index in [0.29, 0.717) is 24.5 Å². The molecule has 1 amide bonds. The van der Waals surface area contributed by atoms with E-state index < -0.39 is 0 Å². The SMILES string of the molecule is CCCCC(=O)N(CC)CC(N)=S. The zero-order valence-electron chi connectivity index (χ0n) is 8.38. The lowest BCUT2D eigenvalue weighted by molar-refractivity contribution is -0.130. The van der Waals surface area contributed by atoms with Crippen LogP contribution in [0.4, 0.5) is 0 Å². The summed E-state index contributed by atoms with van der Waals surface area (Å²) in [6.45, 7) is 5.09. The number of nitrogens with zero attached hydrogens (tertiary/aromatic N) is 1. The summed E-state index contributed by atoms with van der Waals surface area (Å²) >= 11 is 4.75. The van der Waals surface area contributed by atoms with Crippen LogP contribution in [0.1, 0.15) is 33.1 Å². The third-order valence-electron chi connectivity index (χ3n) is 1.83. The van der Waals surface area contributed by atoms with E-state index in [0.717, 1.165) is 12.8 Å². The van der Waals surface area contributed by atoms with Crippen LogP contribution in [0.2, 0.25) is 0 Å². The second-order valence-electron chi connectivity index (χ2n) is 2.98. The summed E-state index contributed by atoms with van der Waals surface area (Å²) in [6.07, 6.45) is 2.58. The largest absolute Gasteiger partial charge is 0.392 e. The molecule has 0 rings (SSSR count). The molecule has 2 N–H and O–H groups in total. The minimum atomic E-state index is 0.150. The van der Waals surface area contributed by atoms with E-state index in [1.54, 1.807) is 4.90 Å². The number of amides is 1. The lowest BCUT2D eigenvalue weighted by Crippen LogP contribution is -2.37. The van der Waals surface area contributed by atoms with Gasteiger partial charge < -0.3 is 10.6 Å². The van der Waals surface area contributed by atoms with Gasteiger partial charge in [-0.1, -0.05) is 25.6 Å². The number of carbonyl (C=O) groups excluding carboxylic acids is 1. The highest BCUT2D eigenvalue weighted by Crippen LogP contribution is 2.00. The maximum Gasteiger partial charge on any atom is 0.222 e. The Balaban J connectivity index is 3.92. The Morgan fingerprint density at radius 1 is 1.46 bits per heavy atom. The molecule has 0 aromatic rings. The van der Waals surface area contributed by atoms with E-state index in [1.807, 2.05) is 6.92 Å². The summed E-state index contributed by atoms with van der Waals surface area (Å²) in [5, 5.41) is 0. The van der Waals surface area contributed by atoms with Crippen molar-refractivity contribution in [3.63, 3.8) is 0 Å². The van der Waals surface area contributed by atoms with Crippen LogP contribution in [-0.2, 0) is 4.79 Å². The van der Waals surface area contributed by atoms with Crippen LogP contribution in [-0.4, -0.2) is 28.9 Å². The van der Waals surface area contributed by atoms with Crippen molar-refractivity contribution in [2.75, 3.05) is 13.1 Å². The molecule has 0 aromatic carbocycles. The molecule has 4 heteroatoms. The van der Waals surface area contributed by atoms with E-state index in [1.165, 1.54) is 0 Å². The van der Waals surface area contributed by atoms with Gasteiger partial charge in [-0.2, -0.15) is 0 Å². The molecule has 13 heavy (non-hydrogen) atoms. The molecular formula is C9H18N2OS. The molecule has 0 saturated carbocycles. The minimum Gasteiger partial charge on any atom is -0.392 e. The van der Waals surface area contributed by atoms with Crippen LogP contribution in [0, 0.1) is 0 Å². The predicted molar refractivity (Wildman–Crippen MR) is 58.6 cm³/mol. The van der Waals surface area contributed by atoms with Crippen molar-refractivity contribution in [1.82, 2.24) is 4.90 Å². The highest BCUT2D eigenvalue weighted by Gasteiger charge is 2.10. The molecule has 0 aliphatic carbocycles. The number of thiocarbonyl (C=S) groups is 1. The first-order valence-corrected chi connectivity index (χ1v) is 5.08. The van der Waals surface area contributed by atoms with Crippen LogP contribution in [0.5, 0.6) is 0 Å². The molecule has 0 atom stereocenters. The lowest BCUT2D eigenvalue weighted by Gasteiger charge is -2.19. The van der Waals surface area contributed by atoms with Crippen molar-refractivity contribution < 1.29 is 4.79 Å². The minimum absolute atomic E-state index is 0.150. The van der Waals surface area contributed by atoms with Crippen molar-refractivity contribution in [3.05, 3.63) is 0 Å². The fraction of sp³-hybridized carbons (Fsp3) is 0.778. The summed E-state index contributed by atoms with van der Waals surface area (Å²) in [6, 6.07) is 0. The fourth-order valence-electron chi connectivity index (χ4n) is 1.05. The van der Waals surface area contributed by atoms with Crippen LogP contribution >= 0.6 is 12.2 Å². The van der Waals surface area contributed by atoms with Crippen molar-refractivity contribution in [2.24, 2.45) is 5.73 Å². The average Bonchev–Trinajstić information content (AvgIpc) is 2.09. The Morgan fingerprint density at radius 2 is 2.08 bits per heavy atom. The molecule has 76 valence electrons. The van der Waals surface area contributed by atoms with Crippen molar-refractivity contribution in [2.45, 2.75) is 33.1 Å². The number of carbonyl (C=O) groups is 1. The molecular weight excluding hydrogens is 184 g/mol. The zero-order valence-corrected chi connectivity index (χ0v) is 9.19. The van der Waals surface area contributed by atoms with E-state index in [2.05, 4.69) is 6.92 Å². The summed E-state index contributed by atoms with van der Waals surface area (Å²) in [7, 11) is 0. The first kappa shape index (κ1) is 12.4. The maximum absolute atomic E-state index is 11.5. The van der Waals surface area contributed by atoms with Gasteiger partial charge in [0.25, 0.3) is 0 Å². The Morgan fingerprint density at radius 3 is 2.46 bits per heavy atom. The highest BCUT2D eigenvalue weighted by molar-refractivity contribution is 7.80. The van der Waals surface area contributed by atoms with Gasteiger partial charge in [-0.15, -0.1) is 0 Å². The standard InChI is InChI=1S/C9H18N2OS/c1-3-5-6-9(12)11(4-2)7-8(10)13/h3-7H2,1-2H3,(H2,10,13). The lowest BCUT2D eigenvalue weighted by atomic mass is 10.2. The van der Waals surface area contributed by atoms with Crippen molar-refractivity contribution in [3.8, 4) is 0 Å². The van der Waals surface area contributed by atoms with Gasteiger partial charge in [0, 0.05) is 13.0 Å². The number of unbranched alkanes of at least 4 members (excludes halogenated alkanes) is 1. The second-order valence-corrected chi connectivity index (χ2v) is 3.50. The van der Waals surface area contributed by atoms with Gasteiger partial charge in [-0.3, -0.25) is 4.79 Å². The average molecular weight is 202 g/mol. The Bertz CT molecular complexity index is 182. The summed E-state index contributed by atoms with van der Waals surface area (Å²) in [5.41, 5.74) is 5.37. The summed E-state index contributed by atoms with van der Waals surface area (Å²) in [5.74, 6) is 0.150. The van der Waals surface area contributed by atoms with Crippen LogP contribution in [0.3, 0.4) is 0 Å². The van der Waals surface area contributed by atoms with E-state index >= 15 is 0 Å². The highest BCUT2D eigenvalue weighted by atomic mass is 32.1. The van der Waals surface area contributed by atoms with E-state index in [9.17, 15) is 4.79 Å². The van der Waals surface area contributed by atoms with Gasteiger partial charge in [0.15, 0.2) is 0 Å². The topological polar surface area (TPSA) is 46.3 Å². The van der Waals surface area contributed by atoms with E-state index in [-0.39, 0.29) is 5.91 Å². The number of nitrogens with two attached hydrogens (primary N) is 1. The molecule has 0 unspecified atom stereocenters. The van der Waals surface area contributed by atoms with Gasteiger partial charge in [-0.05, 0) is 13.3 Å². The summed E-state index contributed by atoms with van der Waals surface area (Å²) < 4.78 is 0. The quantitative estimate of drug-likeness (QED) is 0.661. The molecule has 0 saturated heterocycles. The van der Waals surface area contributed by atoms with Crippen LogP contribution in [0.15, 0.2) is 0 Å². The smallest absolute Gasteiger partial charge is 0.222 e. The molecule has 3 nitrogen and oxygen atoms in total. The number of likely N-dealkylation sites (N-methyl/N-ethyl adjacent to an activating group) is 1. The van der Waals surface area contributed by atoms with E-state index in [4.69, 9.17) is 18.0 Å². The second kappa shape index (κ2) is 6.83. The molecule has 0 heterocycles. The van der Waals surface area contributed by atoms with Crippen molar-refractivity contribution in [1.29, 1.82) is 0 Å². The third-order valence-corrected chi connectivity index (χ3v) is 1.95. The molecule has 0 aliphatic rings. The van der Waals surface area contributed by atoms with Gasteiger partial charge in [0.05, 0.1) is 11.5 Å². The molecule has 0 aromatic heterocycles. The summed E-state index contributed by atoms with van der Waals surface area (Å²) in [4.78, 5) is 13.6. The molecule has 0 fully saturated rings. The number of rotatable bonds is 6. The maximum atomic E-state index is 11.5.